The molecule has 0 N–H and O–H groups in total. The molecule has 6 heteroatoms. The molecule has 7 aromatic rings. The number of fused-ring (bicyclic) bond motifs is 4. The van der Waals surface area contributed by atoms with Crippen LogP contribution in [0.5, 0.6) is 11.5 Å². The Morgan fingerprint density at radius 3 is 2.30 bits per heavy atom. The van der Waals surface area contributed by atoms with Crippen molar-refractivity contribution in [2.24, 2.45) is 0 Å². The zero-order valence-electron chi connectivity index (χ0n) is 26.4. The molecule has 5 nitrogen and oxygen atoms in total. The van der Waals surface area contributed by atoms with E-state index in [1.165, 1.54) is 11.1 Å². The van der Waals surface area contributed by atoms with Crippen molar-refractivity contribution in [1.29, 1.82) is 0 Å². The molecule has 0 amide bonds. The van der Waals surface area contributed by atoms with Crippen LogP contribution in [0.1, 0.15) is 31.9 Å². The summed E-state index contributed by atoms with van der Waals surface area (Å²) >= 11 is 0. The second kappa shape index (κ2) is 12.4. The van der Waals surface area contributed by atoms with Crippen LogP contribution in [0.15, 0.2) is 128 Å². The number of aromatic nitrogens is 2. The molecule has 0 bridgehead atoms. The number of rotatable bonds is 6. The third-order valence-corrected chi connectivity index (χ3v) is 8.53. The van der Waals surface area contributed by atoms with E-state index in [4.69, 9.17) is 9.72 Å². The van der Waals surface area contributed by atoms with E-state index in [1.54, 1.807) is 0 Å². The molecule has 47 heavy (non-hydrogen) atoms. The molecule has 0 radical (unpaired) electrons. The predicted molar refractivity (Wildman–Crippen MR) is 187 cm³/mol. The van der Waals surface area contributed by atoms with Crippen molar-refractivity contribution in [3.05, 3.63) is 157 Å². The van der Waals surface area contributed by atoms with Crippen LogP contribution in [0.4, 0.5) is 17.1 Å². The van der Waals surface area contributed by atoms with Crippen molar-refractivity contribution in [2.45, 2.75) is 32.7 Å². The van der Waals surface area contributed by atoms with Gasteiger partial charge in [0, 0.05) is 62.2 Å². The molecule has 0 aliphatic carbocycles. The van der Waals surface area contributed by atoms with Crippen LogP contribution >= 0.6 is 0 Å². The number of para-hydroxylation sites is 3. The van der Waals surface area contributed by atoms with Gasteiger partial charge in [0.05, 0.1) is 0 Å². The number of hydrogen-bond acceptors (Lipinski definition) is 4. The van der Waals surface area contributed by atoms with Crippen molar-refractivity contribution in [1.82, 2.24) is 9.55 Å². The fourth-order valence-electron chi connectivity index (χ4n) is 6.21. The molecule has 3 heterocycles. The van der Waals surface area contributed by atoms with Gasteiger partial charge in [-0.2, -0.15) is 18.8 Å². The van der Waals surface area contributed by atoms with E-state index >= 15 is 0 Å². The van der Waals surface area contributed by atoms with E-state index in [2.05, 4.69) is 151 Å². The largest absolute Gasteiger partial charge is 0.509 e. The van der Waals surface area contributed by atoms with Gasteiger partial charge in [0.25, 0.3) is 0 Å². The maximum atomic E-state index is 6.46. The van der Waals surface area contributed by atoms with Crippen LogP contribution in [0.3, 0.4) is 0 Å². The zero-order chi connectivity index (χ0) is 31.3. The van der Waals surface area contributed by atoms with Gasteiger partial charge in [-0.3, -0.25) is 0 Å². The SMILES string of the molecule is CC(C)(C)c1ccnc(-n2c3[c-]c(Oc4[c-]c(N5[CH-]N(Cc6ccccc6)c6ccccc65)ccc4)ccc3c3ccccc32)c1.[Pt]. The molecular weight excluding hydrogens is 760 g/mol. The average molecular weight is 793 g/mol. The van der Waals surface area contributed by atoms with Gasteiger partial charge in [-0.1, -0.05) is 87.0 Å². The number of hydrogen-bond donors (Lipinski definition) is 0. The zero-order valence-corrected chi connectivity index (χ0v) is 28.7. The Balaban J connectivity index is 0.00000351. The van der Waals surface area contributed by atoms with E-state index in [0.29, 0.717) is 11.5 Å². The molecule has 2 aromatic heterocycles. The standard InChI is InChI=1S/C41H33N4O.Pt/c1-41(2,3)30-22-23-42-40(24-30)45-36-17-8-7-16-34(36)35-21-20-33(26-39(35)45)46-32-15-11-14-31(25-32)44-28-43(27-29-12-5-4-6-13-29)37-18-9-10-19-38(37)44;/h4-24,28H,27H2,1-3H3;/q-3;. The van der Waals surface area contributed by atoms with Gasteiger partial charge in [-0.15, -0.1) is 41.4 Å². The van der Waals surface area contributed by atoms with Crippen LogP contribution < -0.4 is 14.5 Å². The topological polar surface area (TPSA) is 33.5 Å². The summed E-state index contributed by atoms with van der Waals surface area (Å²) in [5.74, 6) is 2.10. The number of benzene rings is 5. The van der Waals surface area contributed by atoms with Crippen molar-refractivity contribution < 1.29 is 25.8 Å². The molecule has 5 aromatic carbocycles. The third-order valence-electron chi connectivity index (χ3n) is 8.53. The molecule has 0 saturated heterocycles. The van der Waals surface area contributed by atoms with Crippen molar-refractivity contribution in [2.75, 3.05) is 9.80 Å². The van der Waals surface area contributed by atoms with Crippen LogP contribution in [0, 0.1) is 18.8 Å². The first-order valence-corrected chi connectivity index (χ1v) is 15.6. The molecule has 236 valence electrons. The second-order valence-corrected chi connectivity index (χ2v) is 12.7. The van der Waals surface area contributed by atoms with Crippen LogP contribution in [0.25, 0.3) is 27.6 Å². The van der Waals surface area contributed by atoms with Crippen LogP contribution in [-0.4, -0.2) is 9.55 Å². The van der Waals surface area contributed by atoms with E-state index in [9.17, 15) is 0 Å². The summed E-state index contributed by atoms with van der Waals surface area (Å²) in [5, 5.41) is 2.26. The second-order valence-electron chi connectivity index (χ2n) is 12.7. The number of nitrogens with zero attached hydrogens (tertiary/aromatic N) is 4. The summed E-state index contributed by atoms with van der Waals surface area (Å²) in [6.07, 6.45) is 1.89. The summed E-state index contributed by atoms with van der Waals surface area (Å²) in [5.41, 5.74) is 7.65. The normalized spacial score (nSPS) is 12.7. The van der Waals surface area contributed by atoms with E-state index in [-0.39, 0.29) is 26.5 Å². The first-order valence-electron chi connectivity index (χ1n) is 15.6. The minimum Gasteiger partial charge on any atom is -0.509 e. The van der Waals surface area contributed by atoms with Crippen molar-refractivity contribution in [3.8, 4) is 17.3 Å². The Labute approximate surface area is 290 Å². The van der Waals surface area contributed by atoms with E-state index < -0.39 is 0 Å². The minimum atomic E-state index is 0. The number of pyridine rings is 1. The molecule has 1 aliphatic rings. The fourth-order valence-corrected chi connectivity index (χ4v) is 6.21. The first-order chi connectivity index (χ1) is 22.4. The Bertz CT molecular complexity index is 2200. The smallest absolute Gasteiger partial charge is 0.135 e. The Morgan fingerprint density at radius 1 is 0.723 bits per heavy atom. The van der Waals surface area contributed by atoms with Crippen molar-refractivity contribution >= 4 is 38.9 Å². The van der Waals surface area contributed by atoms with Gasteiger partial charge in [-0.25, -0.2) is 4.98 Å². The maximum Gasteiger partial charge on any atom is 0.135 e. The monoisotopic (exact) mass is 792 g/mol. The van der Waals surface area contributed by atoms with Crippen LogP contribution in [0.2, 0.25) is 0 Å². The molecule has 0 saturated carbocycles. The summed E-state index contributed by atoms with van der Waals surface area (Å²) < 4.78 is 8.65. The summed E-state index contributed by atoms with van der Waals surface area (Å²) in [7, 11) is 0. The summed E-state index contributed by atoms with van der Waals surface area (Å²) in [4.78, 5) is 9.24. The molecule has 0 spiro atoms. The minimum absolute atomic E-state index is 0. The maximum absolute atomic E-state index is 6.46. The van der Waals surface area contributed by atoms with Crippen molar-refractivity contribution in [3.63, 3.8) is 0 Å². The predicted octanol–water partition coefficient (Wildman–Crippen LogP) is 10.1. The molecule has 0 atom stereocenters. The summed E-state index contributed by atoms with van der Waals surface area (Å²) in [6.45, 7) is 9.59. The first kappa shape index (κ1) is 30.8. The Kier molecular flexibility index (Phi) is 8.11. The summed E-state index contributed by atoms with van der Waals surface area (Å²) in [6, 6.07) is 48.9. The van der Waals surface area contributed by atoms with E-state index in [0.717, 1.165) is 51.2 Å². The van der Waals surface area contributed by atoms with Gasteiger partial charge in [0.2, 0.25) is 0 Å². The Morgan fingerprint density at radius 2 is 1.47 bits per heavy atom. The van der Waals surface area contributed by atoms with Crippen LogP contribution in [-0.2, 0) is 33.0 Å². The molecule has 0 unspecified atom stereocenters. The van der Waals surface area contributed by atoms with Gasteiger partial charge < -0.3 is 19.1 Å². The third kappa shape index (κ3) is 5.81. The molecular formula is C41H33N4OPt-3. The average Bonchev–Trinajstić information content (AvgIpc) is 3.60. The fraction of sp³-hybridized carbons (Fsp3) is 0.122. The molecule has 8 rings (SSSR count). The number of anilines is 3. The van der Waals surface area contributed by atoms with Gasteiger partial charge in [-0.05, 0) is 52.3 Å². The van der Waals surface area contributed by atoms with E-state index in [1.807, 2.05) is 30.5 Å². The van der Waals surface area contributed by atoms with Gasteiger partial charge in [0.1, 0.15) is 5.82 Å². The number of ether oxygens (including phenoxy) is 1. The Hall–Kier alpha value is -4.86. The molecule has 1 aliphatic heterocycles. The molecule has 0 fully saturated rings. The quantitative estimate of drug-likeness (QED) is 0.157. The van der Waals surface area contributed by atoms with Gasteiger partial charge >= 0.3 is 0 Å². The van der Waals surface area contributed by atoms with Gasteiger partial charge in [0.15, 0.2) is 0 Å².